The van der Waals surface area contributed by atoms with E-state index in [-0.39, 0.29) is 18.1 Å². The summed E-state index contributed by atoms with van der Waals surface area (Å²) in [6.07, 6.45) is 2.26. The van der Waals surface area contributed by atoms with Crippen molar-refractivity contribution in [3.63, 3.8) is 0 Å². The maximum atomic E-state index is 12.2. The van der Waals surface area contributed by atoms with Crippen LogP contribution >= 0.6 is 0 Å². The second-order valence-corrected chi connectivity index (χ2v) is 6.98. The predicted octanol–water partition coefficient (Wildman–Crippen LogP) is 1.27. The molecule has 0 saturated carbocycles. The van der Waals surface area contributed by atoms with E-state index >= 15 is 0 Å². The van der Waals surface area contributed by atoms with Crippen LogP contribution in [0.5, 0.6) is 5.75 Å². The van der Waals surface area contributed by atoms with Crippen LogP contribution in [0.25, 0.3) is 0 Å². The van der Waals surface area contributed by atoms with Crippen molar-refractivity contribution in [2.45, 2.75) is 31.4 Å². The fourth-order valence-electron chi connectivity index (χ4n) is 3.60. The van der Waals surface area contributed by atoms with Crippen molar-refractivity contribution in [1.29, 1.82) is 0 Å². The van der Waals surface area contributed by atoms with Crippen molar-refractivity contribution in [1.82, 2.24) is 9.80 Å². The van der Waals surface area contributed by atoms with Crippen molar-refractivity contribution >= 4 is 5.91 Å². The van der Waals surface area contributed by atoms with Gasteiger partial charge < -0.3 is 19.5 Å². The molecular formula is C19H28N2O4. The number of ether oxygens (including phenoxy) is 2. The average Bonchev–Trinajstić information content (AvgIpc) is 2.75. The van der Waals surface area contributed by atoms with Crippen molar-refractivity contribution in [3.05, 3.63) is 29.8 Å². The van der Waals surface area contributed by atoms with Gasteiger partial charge in [-0.1, -0.05) is 18.2 Å². The van der Waals surface area contributed by atoms with Crippen molar-refractivity contribution in [2.75, 3.05) is 46.5 Å². The van der Waals surface area contributed by atoms with Gasteiger partial charge in [0.25, 0.3) is 0 Å². The SMILES string of the molecule is CN1CCOC2(CCN(Cc3ccccc3OCCO)CC2)CC1=O. The zero-order valence-electron chi connectivity index (χ0n) is 14.9. The van der Waals surface area contributed by atoms with E-state index < -0.39 is 0 Å². The first-order valence-electron chi connectivity index (χ1n) is 9.04. The number of carbonyl (C=O) groups excluding carboxylic acids is 1. The third-order valence-corrected chi connectivity index (χ3v) is 5.22. The molecule has 6 nitrogen and oxygen atoms in total. The second-order valence-electron chi connectivity index (χ2n) is 6.98. The molecule has 6 heteroatoms. The van der Waals surface area contributed by atoms with Crippen molar-refractivity contribution < 1.29 is 19.4 Å². The number of piperidine rings is 1. The minimum Gasteiger partial charge on any atom is -0.491 e. The number of hydrogen-bond donors (Lipinski definition) is 1. The molecule has 1 spiro atoms. The van der Waals surface area contributed by atoms with E-state index in [2.05, 4.69) is 11.0 Å². The van der Waals surface area contributed by atoms with E-state index in [0.29, 0.717) is 26.2 Å². The highest BCUT2D eigenvalue weighted by Gasteiger charge is 2.40. The van der Waals surface area contributed by atoms with Gasteiger partial charge in [0.2, 0.25) is 5.91 Å². The lowest BCUT2D eigenvalue weighted by Gasteiger charge is -2.40. The molecule has 1 aromatic carbocycles. The van der Waals surface area contributed by atoms with Crippen LogP contribution in [0.4, 0.5) is 0 Å². The Morgan fingerprint density at radius 1 is 1.24 bits per heavy atom. The Morgan fingerprint density at radius 2 is 2.00 bits per heavy atom. The molecule has 0 aliphatic carbocycles. The Bertz CT molecular complexity index is 585. The molecule has 2 saturated heterocycles. The molecule has 1 aromatic rings. The smallest absolute Gasteiger partial charge is 0.225 e. The lowest BCUT2D eigenvalue weighted by molar-refractivity contribution is -0.134. The van der Waals surface area contributed by atoms with E-state index in [4.69, 9.17) is 14.6 Å². The van der Waals surface area contributed by atoms with Crippen LogP contribution in [-0.4, -0.2) is 72.9 Å². The number of hydrogen-bond acceptors (Lipinski definition) is 5. The maximum absolute atomic E-state index is 12.2. The van der Waals surface area contributed by atoms with Gasteiger partial charge in [0.05, 0.1) is 25.2 Å². The van der Waals surface area contributed by atoms with E-state index in [0.717, 1.165) is 43.8 Å². The van der Waals surface area contributed by atoms with E-state index in [9.17, 15) is 4.79 Å². The zero-order chi connectivity index (χ0) is 17.7. The maximum Gasteiger partial charge on any atom is 0.225 e. The molecule has 25 heavy (non-hydrogen) atoms. The molecule has 1 N–H and O–H groups in total. The number of aliphatic hydroxyl groups is 1. The number of rotatable bonds is 5. The number of aliphatic hydroxyl groups excluding tert-OH is 1. The van der Waals surface area contributed by atoms with Gasteiger partial charge in [0.1, 0.15) is 12.4 Å². The largest absolute Gasteiger partial charge is 0.491 e. The Hall–Kier alpha value is -1.63. The van der Waals surface area contributed by atoms with Gasteiger partial charge >= 0.3 is 0 Å². The highest BCUT2D eigenvalue weighted by molar-refractivity contribution is 5.77. The second kappa shape index (κ2) is 8.17. The molecule has 2 heterocycles. The summed E-state index contributed by atoms with van der Waals surface area (Å²) in [6, 6.07) is 7.97. The Labute approximate surface area is 149 Å². The molecular weight excluding hydrogens is 320 g/mol. The number of benzene rings is 1. The van der Waals surface area contributed by atoms with Gasteiger partial charge in [-0.15, -0.1) is 0 Å². The van der Waals surface area contributed by atoms with Crippen LogP contribution in [0.15, 0.2) is 24.3 Å². The predicted molar refractivity (Wildman–Crippen MR) is 94.5 cm³/mol. The fourth-order valence-corrected chi connectivity index (χ4v) is 3.60. The zero-order valence-corrected chi connectivity index (χ0v) is 14.9. The summed E-state index contributed by atoms with van der Waals surface area (Å²) >= 11 is 0. The normalized spacial score (nSPS) is 21.4. The highest BCUT2D eigenvalue weighted by Crippen LogP contribution is 2.33. The number of likely N-dealkylation sites (N-methyl/N-ethyl adjacent to an activating group) is 1. The molecule has 0 aromatic heterocycles. The van der Waals surface area contributed by atoms with Gasteiger partial charge in [0, 0.05) is 38.8 Å². The molecule has 1 amide bonds. The first kappa shape index (κ1) is 18.2. The molecule has 2 fully saturated rings. The van der Waals surface area contributed by atoms with Crippen molar-refractivity contribution in [2.24, 2.45) is 0 Å². The quantitative estimate of drug-likeness (QED) is 0.868. The molecule has 0 unspecified atom stereocenters. The molecule has 2 aliphatic rings. The van der Waals surface area contributed by atoms with Crippen LogP contribution in [0, 0.1) is 0 Å². The number of carbonyl (C=O) groups is 1. The Morgan fingerprint density at radius 3 is 2.76 bits per heavy atom. The number of nitrogens with zero attached hydrogens (tertiary/aromatic N) is 2. The lowest BCUT2D eigenvalue weighted by Crippen LogP contribution is -2.46. The van der Waals surface area contributed by atoms with Crippen LogP contribution in [0.3, 0.4) is 0 Å². The average molecular weight is 348 g/mol. The summed E-state index contributed by atoms with van der Waals surface area (Å²) in [7, 11) is 1.85. The van der Waals surface area contributed by atoms with Crippen molar-refractivity contribution in [3.8, 4) is 5.75 Å². The molecule has 2 aliphatic heterocycles. The topological polar surface area (TPSA) is 62.2 Å². The molecule has 3 rings (SSSR count). The Balaban J connectivity index is 1.59. The number of amides is 1. The van der Waals surface area contributed by atoms with E-state index in [1.807, 2.05) is 25.2 Å². The van der Waals surface area contributed by atoms with Gasteiger partial charge in [-0.2, -0.15) is 0 Å². The minimum atomic E-state index is -0.286. The molecule has 138 valence electrons. The summed E-state index contributed by atoms with van der Waals surface area (Å²) in [5, 5.41) is 8.96. The summed E-state index contributed by atoms with van der Waals surface area (Å²) in [6.45, 7) is 4.26. The van der Waals surface area contributed by atoms with Gasteiger partial charge in [0.15, 0.2) is 0 Å². The minimum absolute atomic E-state index is 0.0143. The third-order valence-electron chi connectivity index (χ3n) is 5.22. The molecule has 0 radical (unpaired) electrons. The molecule has 0 atom stereocenters. The highest BCUT2D eigenvalue weighted by atomic mass is 16.5. The number of para-hydroxylation sites is 1. The fraction of sp³-hybridized carbons (Fsp3) is 0.632. The summed E-state index contributed by atoms with van der Waals surface area (Å²) in [5.41, 5.74) is 0.843. The standard InChI is InChI=1S/C19H28N2O4/c1-20-10-12-25-19(14-18(20)23)6-8-21(9-7-19)15-16-4-2-3-5-17(16)24-13-11-22/h2-5,22H,6-15H2,1H3. The first-order chi connectivity index (χ1) is 12.1. The molecule has 0 bridgehead atoms. The van der Waals surface area contributed by atoms with E-state index in [1.54, 1.807) is 4.90 Å². The Kier molecular flexibility index (Phi) is 5.93. The number of likely N-dealkylation sites (tertiary alicyclic amines) is 1. The van der Waals surface area contributed by atoms with Crippen LogP contribution < -0.4 is 4.74 Å². The lowest BCUT2D eigenvalue weighted by atomic mass is 9.87. The van der Waals surface area contributed by atoms with Crippen LogP contribution in [0.1, 0.15) is 24.8 Å². The van der Waals surface area contributed by atoms with Crippen LogP contribution in [0.2, 0.25) is 0 Å². The van der Waals surface area contributed by atoms with E-state index in [1.165, 1.54) is 0 Å². The summed E-state index contributed by atoms with van der Waals surface area (Å²) in [4.78, 5) is 16.4. The van der Waals surface area contributed by atoms with Gasteiger partial charge in [-0.25, -0.2) is 0 Å². The first-order valence-corrected chi connectivity index (χ1v) is 9.04. The monoisotopic (exact) mass is 348 g/mol. The van der Waals surface area contributed by atoms with Gasteiger partial charge in [-0.05, 0) is 18.9 Å². The van der Waals surface area contributed by atoms with Crippen LogP contribution in [-0.2, 0) is 16.1 Å². The third kappa shape index (κ3) is 4.51. The van der Waals surface area contributed by atoms with Gasteiger partial charge in [-0.3, -0.25) is 9.69 Å². The summed E-state index contributed by atoms with van der Waals surface area (Å²) < 4.78 is 11.7. The summed E-state index contributed by atoms with van der Waals surface area (Å²) in [5.74, 6) is 1.02.